The largest absolute Gasteiger partial charge is 0.384 e. The first kappa shape index (κ1) is 18.7. The van der Waals surface area contributed by atoms with Crippen LogP contribution >= 0.6 is 11.6 Å². The topological polar surface area (TPSA) is 37.3 Å². The molecule has 4 rings (SSSR count). The maximum Gasteiger partial charge on any atom is 0.155 e. The van der Waals surface area contributed by atoms with Crippen LogP contribution in [-0.4, -0.2) is 16.5 Å². The van der Waals surface area contributed by atoms with Crippen LogP contribution in [0.2, 0.25) is 0 Å². The smallest absolute Gasteiger partial charge is 0.155 e. The third kappa shape index (κ3) is 2.24. The van der Waals surface area contributed by atoms with Gasteiger partial charge in [0.15, 0.2) is 5.78 Å². The molecule has 0 spiro atoms. The van der Waals surface area contributed by atoms with Crippen molar-refractivity contribution in [2.45, 2.75) is 78.2 Å². The molecule has 2 fully saturated rings. The number of rotatable bonds is 1. The molecule has 0 aromatic rings. The molecule has 3 heteroatoms. The van der Waals surface area contributed by atoms with Crippen LogP contribution in [0.5, 0.6) is 0 Å². The minimum atomic E-state index is -0.887. The molecule has 144 valence electrons. The number of aliphatic hydroxyl groups is 1. The fraction of sp³-hybridized carbons (Fsp3) is 0.783. The first-order chi connectivity index (χ1) is 12.2. The van der Waals surface area contributed by atoms with Crippen molar-refractivity contribution in [2.75, 3.05) is 0 Å². The molecule has 1 N–H and O–H groups in total. The normalized spacial score (nSPS) is 50.9. The summed E-state index contributed by atoms with van der Waals surface area (Å²) in [4.78, 5) is 12.0. The Morgan fingerprint density at radius 3 is 2.69 bits per heavy atom. The molecule has 0 aliphatic heterocycles. The van der Waals surface area contributed by atoms with Gasteiger partial charge in [0.2, 0.25) is 0 Å². The number of hydrogen-bond donors (Lipinski definition) is 1. The van der Waals surface area contributed by atoms with Gasteiger partial charge in [0.05, 0.1) is 0 Å². The molecule has 0 amide bonds. The van der Waals surface area contributed by atoms with Crippen molar-refractivity contribution >= 4 is 17.4 Å². The Labute approximate surface area is 163 Å². The zero-order valence-electron chi connectivity index (χ0n) is 16.6. The van der Waals surface area contributed by atoms with Crippen LogP contribution in [0, 0.1) is 34.5 Å². The molecule has 26 heavy (non-hydrogen) atoms. The second kappa shape index (κ2) is 5.95. The lowest BCUT2D eigenvalue weighted by Gasteiger charge is -2.64. The van der Waals surface area contributed by atoms with Gasteiger partial charge in [0.25, 0.3) is 0 Å². The van der Waals surface area contributed by atoms with E-state index in [4.69, 9.17) is 11.6 Å². The quantitative estimate of drug-likeness (QED) is 0.643. The predicted octanol–water partition coefficient (Wildman–Crippen LogP) is 5.64. The number of carbonyl (C=O) groups is 1. The summed E-state index contributed by atoms with van der Waals surface area (Å²) in [6.45, 7) is 9.13. The van der Waals surface area contributed by atoms with Crippen LogP contribution in [-0.2, 0) is 4.79 Å². The summed E-state index contributed by atoms with van der Waals surface area (Å²) in [7, 11) is 0. The average Bonchev–Trinajstić information content (AvgIpc) is 2.60. The predicted molar refractivity (Wildman–Crippen MR) is 106 cm³/mol. The summed E-state index contributed by atoms with van der Waals surface area (Å²) in [6.07, 6.45) is 10.6. The standard InChI is InChI=1S/C23H33ClO2/c1-5-23(26)19(24)7-6-18-20-14(2)12-15-13-16(25)8-10-21(15,3)17(20)9-11-22(18,23)4/h7,13-14,17-18,20,26H,5-6,8-12H2,1-4H3/t14-,17+,18+,20-,21+,22+,23+/m1/s1. The van der Waals surface area contributed by atoms with Crippen molar-refractivity contribution in [3.05, 3.63) is 22.8 Å². The summed E-state index contributed by atoms with van der Waals surface area (Å²) < 4.78 is 0. The van der Waals surface area contributed by atoms with Crippen LogP contribution in [0.4, 0.5) is 0 Å². The Kier molecular flexibility index (Phi) is 4.29. The summed E-state index contributed by atoms with van der Waals surface area (Å²) >= 11 is 6.56. The summed E-state index contributed by atoms with van der Waals surface area (Å²) in [5.41, 5.74) is 0.537. The lowest BCUT2D eigenvalue weighted by atomic mass is 9.41. The second-order valence-electron chi connectivity index (χ2n) is 9.98. The molecule has 0 saturated heterocycles. The first-order valence-corrected chi connectivity index (χ1v) is 10.9. The molecule has 2 saturated carbocycles. The maximum atomic E-state index is 12.0. The highest BCUT2D eigenvalue weighted by Gasteiger charge is 2.63. The molecule has 4 aliphatic rings. The lowest BCUT2D eigenvalue weighted by molar-refractivity contribution is -0.162. The van der Waals surface area contributed by atoms with Crippen molar-refractivity contribution in [3.63, 3.8) is 0 Å². The van der Waals surface area contributed by atoms with Gasteiger partial charge in [-0.3, -0.25) is 4.79 Å². The maximum absolute atomic E-state index is 12.0. The van der Waals surface area contributed by atoms with Crippen molar-refractivity contribution in [1.29, 1.82) is 0 Å². The fourth-order valence-electron chi connectivity index (χ4n) is 7.42. The van der Waals surface area contributed by atoms with Gasteiger partial charge in [-0.25, -0.2) is 0 Å². The fourth-order valence-corrected chi connectivity index (χ4v) is 7.86. The molecule has 0 aromatic heterocycles. The highest BCUT2D eigenvalue weighted by atomic mass is 35.5. The van der Waals surface area contributed by atoms with Crippen molar-refractivity contribution < 1.29 is 9.90 Å². The Balaban J connectivity index is 1.78. The van der Waals surface area contributed by atoms with Gasteiger partial charge < -0.3 is 5.11 Å². The number of ketones is 1. The Morgan fingerprint density at radius 2 is 2.00 bits per heavy atom. The highest BCUT2D eigenvalue weighted by Crippen LogP contribution is 2.67. The molecule has 2 nitrogen and oxygen atoms in total. The monoisotopic (exact) mass is 376 g/mol. The third-order valence-corrected chi connectivity index (χ3v) is 9.57. The highest BCUT2D eigenvalue weighted by molar-refractivity contribution is 6.30. The zero-order valence-corrected chi connectivity index (χ0v) is 17.4. The van der Waals surface area contributed by atoms with Crippen LogP contribution in [0.25, 0.3) is 0 Å². The van der Waals surface area contributed by atoms with Gasteiger partial charge in [0, 0.05) is 16.9 Å². The van der Waals surface area contributed by atoms with Gasteiger partial charge in [-0.15, -0.1) is 0 Å². The molecule has 0 unspecified atom stereocenters. The molecule has 0 bridgehead atoms. The molecule has 0 heterocycles. The van der Waals surface area contributed by atoms with E-state index in [1.807, 2.05) is 6.08 Å². The minimum Gasteiger partial charge on any atom is -0.384 e. The van der Waals surface area contributed by atoms with E-state index in [0.29, 0.717) is 47.3 Å². The summed E-state index contributed by atoms with van der Waals surface area (Å²) in [5.74, 6) is 2.57. The van der Waals surface area contributed by atoms with E-state index in [-0.39, 0.29) is 10.8 Å². The number of carbonyl (C=O) groups excluding carboxylic acids is 1. The van der Waals surface area contributed by atoms with Crippen molar-refractivity contribution in [3.8, 4) is 0 Å². The van der Waals surface area contributed by atoms with Gasteiger partial charge in [0.1, 0.15) is 5.60 Å². The van der Waals surface area contributed by atoms with E-state index in [1.165, 1.54) is 5.57 Å². The Hall–Kier alpha value is -0.600. The Bertz CT molecular complexity index is 694. The first-order valence-electron chi connectivity index (χ1n) is 10.5. The number of allylic oxidation sites excluding steroid dienone is 3. The van der Waals surface area contributed by atoms with Gasteiger partial charge >= 0.3 is 0 Å². The molecule has 0 aromatic carbocycles. The molecular weight excluding hydrogens is 344 g/mol. The van der Waals surface area contributed by atoms with Gasteiger partial charge in [-0.1, -0.05) is 50.9 Å². The van der Waals surface area contributed by atoms with Crippen LogP contribution < -0.4 is 0 Å². The SMILES string of the molecule is CC[C@]1(O)C(Cl)=CC[C@H]2[C@@H]3[C@H](C)CC4=CC(=O)CC[C@]4(C)[C@H]3CC[C@@]21C. The zero-order chi connectivity index (χ0) is 18.9. The van der Waals surface area contributed by atoms with E-state index < -0.39 is 5.60 Å². The van der Waals surface area contributed by atoms with E-state index in [2.05, 4.69) is 33.8 Å². The number of hydrogen-bond acceptors (Lipinski definition) is 2. The third-order valence-electron chi connectivity index (χ3n) is 9.10. The minimum absolute atomic E-state index is 0.148. The van der Waals surface area contributed by atoms with E-state index >= 15 is 0 Å². The van der Waals surface area contributed by atoms with Crippen molar-refractivity contribution in [2.24, 2.45) is 34.5 Å². The summed E-state index contributed by atoms with van der Waals surface area (Å²) in [5, 5.41) is 12.2. The van der Waals surface area contributed by atoms with E-state index in [9.17, 15) is 9.90 Å². The molecule has 7 atom stereocenters. The molecule has 0 radical (unpaired) electrons. The van der Waals surface area contributed by atoms with Gasteiger partial charge in [-0.05, 0) is 73.7 Å². The van der Waals surface area contributed by atoms with Crippen LogP contribution in [0.3, 0.4) is 0 Å². The van der Waals surface area contributed by atoms with Crippen molar-refractivity contribution in [1.82, 2.24) is 0 Å². The molecular formula is C23H33ClO2. The lowest BCUT2D eigenvalue weighted by Crippen LogP contribution is -2.61. The second-order valence-corrected chi connectivity index (χ2v) is 10.4. The number of halogens is 1. The van der Waals surface area contributed by atoms with Crippen LogP contribution in [0.1, 0.15) is 72.6 Å². The average molecular weight is 377 g/mol. The van der Waals surface area contributed by atoms with Crippen LogP contribution in [0.15, 0.2) is 22.8 Å². The van der Waals surface area contributed by atoms with Gasteiger partial charge in [-0.2, -0.15) is 0 Å². The van der Waals surface area contributed by atoms with E-state index in [1.54, 1.807) is 0 Å². The Morgan fingerprint density at radius 1 is 1.27 bits per heavy atom. The number of fused-ring (bicyclic) bond motifs is 5. The van der Waals surface area contributed by atoms with E-state index in [0.717, 1.165) is 32.1 Å². The molecule has 4 aliphatic carbocycles. The summed E-state index contributed by atoms with van der Waals surface area (Å²) in [6, 6.07) is 0.